The maximum absolute atomic E-state index is 6.49. The minimum Gasteiger partial charge on any atom is -0.349 e. The number of hydrogen-bond donors (Lipinski definition) is 0. The van der Waals surface area contributed by atoms with E-state index in [1.165, 1.54) is 0 Å². The molecular weight excluding hydrogens is 432 g/mol. The van der Waals surface area contributed by atoms with Gasteiger partial charge in [-0.25, -0.2) is 0 Å². The Labute approximate surface area is 215 Å². The van der Waals surface area contributed by atoms with E-state index in [4.69, 9.17) is 14.2 Å². The molecule has 0 N–H and O–H groups in total. The smallest absolute Gasteiger partial charge is 0.169 e. The van der Waals surface area contributed by atoms with Gasteiger partial charge in [0.15, 0.2) is 12.1 Å². The minimum atomic E-state index is -0.524. The highest BCUT2D eigenvalue weighted by Crippen LogP contribution is 2.43. The minimum absolute atomic E-state index is 0.158. The summed E-state index contributed by atoms with van der Waals surface area (Å²) in [7, 11) is 0. The first-order valence-corrected chi connectivity index (χ1v) is 13.0. The van der Waals surface area contributed by atoms with E-state index in [9.17, 15) is 0 Å². The largest absolute Gasteiger partial charge is 0.349 e. The normalized spacial score (nSPS) is 35.3. The lowest BCUT2D eigenvalue weighted by atomic mass is 9.78. The molecule has 35 heavy (non-hydrogen) atoms. The lowest BCUT2D eigenvalue weighted by molar-refractivity contribution is -0.371. The van der Waals surface area contributed by atoms with Gasteiger partial charge in [0.25, 0.3) is 0 Å². The lowest BCUT2D eigenvalue weighted by Crippen LogP contribution is -2.53. The second-order valence-electron chi connectivity index (χ2n) is 9.89. The molecule has 2 rings (SSSR count). The zero-order valence-corrected chi connectivity index (χ0v) is 23.5. The fourth-order valence-electron chi connectivity index (χ4n) is 4.79. The van der Waals surface area contributed by atoms with Crippen molar-refractivity contribution in [1.29, 1.82) is 0 Å². The Morgan fingerprint density at radius 3 is 1.63 bits per heavy atom. The van der Waals surface area contributed by atoms with Crippen LogP contribution in [0.3, 0.4) is 0 Å². The second-order valence-corrected chi connectivity index (χ2v) is 9.89. The molecule has 2 aliphatic rings. The fourth-order valence-corrected chi connectivity index (χ4v) is 4.79. The predicted molar refractivity (Wildman–Crippen MR) is 144 cm³/mol. The van der Waals surface area contributed by atoms with Crippen LogP contribution in [0, 0.1) is 88.8 Å². The Hall–Kier alpha value is -2.32. The quantitative estimate of drug-likeness (QED) is 0.447. The van der Waals surface area contributed by atoms with Gasteiger partial charge >= 0.3 is 0 Å². The average Bonchev–Trinajstić information content (AvgIpc) is 2.84. The molecule has 0 saturated carbocycles. The van der Waals surface area contributed by atoms with Crippen molar-refractivity contribution in [3.05, 3.63) is 0 Å². The molecule has 2 aliphatic heterocycles. The summed E-state index contributed by atoms with van der Waals surface area (Å²) in [4.78, 5) is 0. The predicted octanol–water partition coefficient (Wildman–Crippen LogP) is 6.28. The first-order valence-electron chi connectivity index (χ1n) is 13.0. The van der Waals surface area contributed by atoms with Crippen LogP contribution in [0.1, 0.15) is 88.5 Å². The van der Waals surface area contributed by atoms with Crippen LogP contribution < -0.4 is 0 Å². The summed E-state index contributed by atoms with van der Waals surface area (Å²) < 4.78 is 19.2. The van der Waals surface area contributed by atoms with E-state index >= 15 is 0 Å². The molecule has 2 heterocycles. The summed E-state index contributed by atoms with van der Waals surface area (Å²) in [5.41, 5.74) is 0. The van der Waals surface area contributed by atoms with Crippen molar-refractivity contribution in [3.63, 3.8) is 0 Å². The van der Waals surface area contributed by atoms with E-state index in [2.05, 4.69) is 115 Å². The first kappa shape index (κ1) is 30.7. The summed E-state index contributed by atoms with van der Waals surface area (Å²) in [6.07, 6.45) is 3.43. The molecule has 3 heteroatoms. The zero-order valence-electron chi connectivity index (χ0n) is 23.5. The topological polar surface area (TPSA) is 27.7 Å². The molecule has 0 aromatic carbocycles. The molecule has 0 radical (unpaired) electrons. The van der Waals surface area contributed by atoms with E-state index < -0.39 is 5.79 Å². The fraction of sp³-hybridized carbons (Fsp3) is 0.688. The lowest BCUT2D eigenvalue weighted by Gasteiger charge is -2.50. The van der Waals surface area contributed by atoms with Crippen molar-refractivity contribution in [3.8, 4) is 59.2 Å². The average molecular weight is 477 g/mol. The summed E-state index contributed by atoms with van der Waals surface area (Å²) in [5.74, 6) is 27.8. The Morgan fingerprint density at radius 1 is 0.686 bits per heavy atom. The van der Waals surface area contributed by atoms with Crippen LogP contribution in [0.5, 0.6) is 0 Å². The third kappa shape index (κ3) is 9.68. The van der Waals surface area contributed by atoms with Crippen molar-refractivity contribution < 1.29 is 14.2 Å². The van der Waals surface area contributed by atoms with Crippen LogP contribution in [0.2, 0.25) is 0 Å². The van der Waals surface area contributed by atoms with E-state index in [0.29, 0.717) is 29.6 Å². The van der Waals surface area contributed by atoms with Crippen molar-refractivity contribution >= 4 is 0 Å². The molecule has 0 amide bonds. The SMILES string of the molecule is CC#CC#CC#CC#CC#CC.CCC1OC(C)(OC2OC(CC)C(C)C(C)C2C)CC(C)C1C. The zero-order chi connectivity index (χ0) is 26.4. The molecule has 2 saturated heterocycles. The molecule has 0 spiro atoms. The molecule has 2 fully saturated rings. The maximum atomic E-state index is 6.49. The van der Waals surface area contributed by atoms with Gasteiger partial charge in [-0.2, -0.15) is 0 Å². The highest BCUT2D eigenvalue weighted by molar-refractivity contribution is 5.42. The van der Waals surface area contributed by atoms with Gasteiger partial charge < -0.3 is 14.2 Å². The maximum Gasteiger partial charge on any atom is 0.169 e. The third-order valence-corrected chi connectivity index (χ3v) is 7.42. The summed E-state index contributed by atoms with van der Waals surface area (Å²) in [6.45, 7) is 21.5. The van der Waals surface area contributed by atoms with Crippen molar-refractivity contribution in [2.45, 2.75) is 113 Å². The Morgan fingerprint density at radius 2 is 1.17 bits per heavy atom. The van der Waals surface area contributed by atoms with E-state index in [0.717, 1.165) is 19.3 Å². The number of ether oxygens (including phenoxy) is 3. The highest BCUT2D eigenvalue weighted by Gasteiger charge is 2.46. The van der Waals surface area contributed by atoms with Gasteiger partial charge in [0.1, 0.15) is 0 Å². The van der Waals surface area contributed by atoms with Crippen LogP contribution in [-0.4, -0.2) is 24.3 Å². The van der Waals surface area contributed by atoms with E-state index in [1.807, 2.05) is 0 Å². The number of hydrogen-bond acceptors (Lipinski definition) is 3. The van der Waals surface area contributed by atoms with Crippen LogP contribution in [0.25, 0.3) is 0 Å². The Bertz CT molecular complexity index is 927. The standard InChI is InChI=1S/C20H38O3.C12H6/c1-9-17-15(6)14(5)16(7)19(21-17)23-20(8)11-12(3)13(4)18(10-2)22-20;1-3-5-7-9-11-12-10-8-6-4-2/h12-19H,9-11H2,1-8H3;1-2H3. The summed E-state index contributed by atoms with van der Waals surface area (Å²) >= 11 is 0. The monoisotopic (exact) mass is 476 g/mol. The van der Waals surface area contributed by atoms with Crippen LogP contribution in [0.4, 0.5) is 0 Å². The van der Waals surface area contributed by atoms with Gasteiger partial charge in [-0.15, -0.1) is 0 Å². The molecule has 9 atom stereocenters. The third-order valence-electron chi connectivity index (χ3n) is 7.42. The molecule has 190 valence electrons. The summed E-state index contributed by atoms with van der Waals surface area (Å²) in [5, 5.41) is 0. The molecule has 0 bridgehead atoms. The Balaban J connectivity index is 0.000000434. The van der Waals surface area contributed by atoms with Crippen molar-refractivity contribution in [2.24, 2.45) is 29.6 Å². The Kier molecular flexibility index (Phi) is 13.7. The van der Waals surface area contributed by atoms with Gasteiger partial charge in [0, 0.05) is 12.3 Å². The molecule has 3 nitrogen and oxygen atoms in total. The van der Waals surface area contributed by atoms with Gasteiger partial charge in [-0.3, -0.25) is 0 Å². The van der Waals surface area contributed by atoms with Gasteiger partial charge in [0.2, 0.25) is 0 Å². The summed E-state index contributed by atoms with van der Waals surface area (Å²) in [6, 6.07) is 0. The van der Waals surface area contributed by atoms with Gasteiger partial charge in [-0.05, 0) is 105 Å². The second kappa shape index (κ2) is 15.6. The van der Waals surface area contributed by atoms with E-state index in [-0.39, 0.29) is 18.5 Å². The molecule has 9 unspecified atom stereocenters. The molecule has 0 aliphatic carbocycles. The molecule has 0 aromatic heterocycles. The van der Waals surface area contributed by atoms with E-state index in [1.54, 1.807) is 13.8 Å². The number of rotatable bonds is 4. The van der Waals surface area contributed by atoms with Crippen LogP contribution >= 0.6 is 0 Å². The van der Waals surface area contributed by atoms with Gasteiger partial charge in [-0.1, -0.05) is 60.3 Å². The van der Waals surface area contributed by atoms with Crippen LogP contribution in [-0.2, 0) is 14.2 Å². The van der Waals surface area contributed by atoms with Crippen molar-refractivity contribution in [1.82, 2.24) is 0 Å². The highest BCUT2D eigenvalue weighted by atomic mass is 16.8. The van der Waals surface area contributed by atoms with Gasteiger partial charge in [0.05, 0.1) is 12.2 Å². The van der Waals surface area contributed by atoms with Crippen LogP contribution in [0.15, 0.2) is 0 Å². The molecule has 0 aromatic rings. The van der Waals surface area contributed by atoms with Crippen molar-refractivity contribution in [2.75, 3.05) is 0 Å². The first-order chi connectivity index (χ1) is 16.6. The molecular formula is C32H44O3.